The molecule has 1 rings (SSSR count). The van der Waals surface area contributed by atoms with Crippen molar-refractivity contribution in [1.29, 1.82) is 0 Å². The van der Waals surface area contributed by atoms with Crippen LogP contribution in [0.15, 0.2) is 11.4 Å². The van der Waals surface area contributed by atoms with E-state index >= 15 is 0 Å². The summed E-state index contributed by atoms with van der Waals surface area (Å²) in [6.45, 7) is 5.34. The summed E-state index contributed by atoms with van der Waals surface area (Å²) in [6.07, 6.45) is 0. The van der Waals surface area contributed by atoms with Crippen LogP contribution in [0.4, 0.5) is 0 Å². The standard InChI is InChI=1S/C10H18N2S.2ClH/c1-9-4-7-13-10(9)8-11-5-6-12(2)3;;/h4,7,11H,5-6,8H2,1-3H3;2*1H. The van der Waals surface area contributed by atoms with Gasteiger partial charge >= 0.3 is 0 Å². The van der Waals surface area contributed by atoms with Crippen LogP contribution in [0.3, 0.4) is 0 Å². The van der Waals surface area contributed by atoms with E-state index in [1.54, 1.807) is 0 Å². The molecule has 0 bridgehead atoms. The molecule has 90 valence electrons. The maximum atomic E-state index is 3.43. The molecule has 0 spiro atoms. The topological polar surface area (TPSA) is 15.3 Å². The van der Waals surface area contributed by atoms with Crippen LogP contribution >= 0.6 is 36.2 Å². The van der Waals surface area contributed by atoms with E-state index in [9.17, 15) is 0 Å². The van der Waals surface area contributed by atoms with Crippen molar-refractivity contribution in [2.75, 3.05) is 27.2 Å². The molecule has 0 aliphatic rings. The lowest BCUT2D eigenvalue weighted by atomic mass is 10.3. The summed E-state index contributed by atoms with van der Waals surface area (Å²) in [5.41, 5.74) is 1.40. The second kappa shape index (κ2) is 9.43. The van der Waals surface area contributed by atoms with Gasteiger partial charge in [0.1, 0.15) is 0 Å². The summed E-state index contributed by atoms with van der Waals surface area (Å²) in [7, 11) is 4.19. The number of thiophene rings is 1. The molecule has 15 heavy (non-hydrogen) atoms. The Labute approximate surface area is 109 Å². The molecule has 0 saturated carbocycles. The highest BCUT2D eigenvalue weighted by Crippen LogP contribution is 2.14. The van der Waals surface area contributed by atoms with Gasteiger partial charge in [-0.05, 0) is 38.0 Å². The van der Waals surface area contributed by atoms with E-state index in [-0.39, 0.29) is 24.8 Å². The first-order valence-electron chi connectivity index (χ1n) is 4.58. The van der Waals surface area contributed by atoms with Gasteiger partial charge in [-0.3, -0.25) is 0 Å². The van der Waals surface area contributed by atoms with E-state index in [1.807, 2.05) is 11.3 Å². The molecule has 0 amide bonds. The average molecular weight is 271 g/mol. The number of halogens is 2. The Hall–Kier alpha value is 0.200. The van der Waals surface area contributed by atoms with Gasteiger partial charge in [0.25, 0.3) is 0 Å². The molecule has 0 aliphatic carbocycles. The third kappa shape index (κ3) is 7.14. The van der Waals surface area contributed by atoms with Crippen LogP contribution in [0.1, 0.15) is 10.4 Å². The number of likely N-dealkylation sites (N-methyl/N-ethyl adjacent to an activating group) is 1. The van der Waals surface area contributed by atoms with Crippen molar-refractivity contribution in [3.63, 3.8) is 0 Å². The van der Waals surface area contributed by atoms with Crippen LogP contribution in [-0.2, 0) is 6.54 Å². The van der Waals surface area contributed by atoms with Gasteiger partial charge in [0.15, 0.2) is 0 Å². The first-order valence-corrected chi connectivity index (χ1v) is 5.46. The molecule has 0 radical (unpaired) electrons. The summed E-state index contributed by atoms with van der Waals surface area (Å²) in [6, 6.07) is 2.17. The molecule has 1 heterocycles. The van der Waals surface area contributed by atoms with Gasteiger partial charge in [0.05, 0.1) is 0 Å². The van der Waals surface area contributed by atoms with Crippen LogP contribution in [0.5, 0.6) is 0 Å². The molecule has 1 aromatic rings. The SMILES string of the molecule is Cc1ccsc1CNCCN(C)C.Cl.Cl. The van der Waals surface area contributed by atoms with Gasteiger partial charge in [-0.15, -0.1) is 36.2 Å². The van der Waals surface area contributed by atoms with Crippen LogP contribution in [0.2, 0.25) is 0 Å². The van der Waals surface area contributed by atoms with Crippen molar-refractivity contribution in [2.24, 2.45) is 0 Å². The molecule has 0 aromatic carbocycles. The van der Waals surface area contributed by atoms with Crippen LogP contribution in [0.25, 0.3) is 0 Å². The Morgan fingerprint density at radius 3 is 2.47 bits per heavy atom. The maximum absolute atomic E-state index is 3.43. The van der Waals surface area contributed by atoms with Gasteiger partial charge in [0.2, 0.25) is 0 Å². The molecule has 1 N–H and O–H groups in total. The second-order valence-electron chi connectivity index (χ2n) is 3.51. The highest BCUT2D eigenvalue weighted by molar-refractivity contribution is 7.10. The third-order valence-corrected chi connectivity index (χ3v) is 3.01. The average Bonchev–Trinajstić information content (AvgIpc) is 2.45. The van der Waals surface area contributed by atoms with Crippen molar-refractivity contribution in [2.45, 2.75) is 13.5 Å². The van der Waals surface area contributed by atoms with Gasteiger partial charge < -0.3 is 10.2 Å². The van der Waals surface area contributed by atoms with E-state index < -0.39 is 0 Å². The number of rotatable bonds is 5. The molecular weight excluding hydrogens is 251 g/mol. The normalized spacial score (nSPS) is 9.60. The summed E-state index contributed by atoms with van der Waals surface area (Å²) in [5.74, 6) is 0. The van der Waals surface area contributed by atoms with Gasteiger partial charge in [-0.25, -0.2) is 0 Å². The van der Waals surface area contributed by atoms with Crippen molar-refractivity contribution in [3.8, 4) is 0 Å². The number of hydrogen-bond acceptors (Lipinski definition) is 3. The molecule has 1 aromatic heterocycles. The zero-order valence-corrected chi connectivity index (χ0v) is 11.9. The van der Waals surface area contributed by atoms with E-state index in [0.29, 0.717) is 0 Å². The Morgan fingerprint density at radius 2 is 2.00 bits per heavy atom. The van der Waals surface area contributed by atoms with E-state index in [0.717, 1.165) is 19.6 Å². The molecule has 5 heteroatoms. The van der Waals surface area contributed by atoms with Crippen molar-refractivity contribution < 1.29 is 0 Å². The number of aryl methyl sites for hydroxylation is 1. The van der Waals surface area contributed by atoms with Crippen molar-refractivity contribution in [1.82, 2.24) is 10.2 Å². The lowest BCUT2D eigenvalue weighted by molar-refractivity contribution is 0.400. The molecule has 0 saturated heterocycles. The summed E-state index contributed by atoms with van der Waals surface area (Å²) >= 11 is 1.83. The van der Waals surface area contributed by atoms with Crippen LogP contribution in [-0.4, -0.2) is 32.1 Å². The largest absolute Gasteiger partial charge is 0.311 e. The fraction of sp³-hybridized carbons (Fsp3) is 0.600. The Bertz CT molecular complexity index is 251. The van der Waals surface area contributed by atoms with E-state index in [2.05, 4.69) is 42.7 Å². The van der Waals surface area contributed by atoms with E-state index in [1.165, 1.54) is 10.4 Å². The lowest BCUT2D eigenvalue weighted by Gasteiger charge is -2.09. The zero-order valence-electron chi connectivity index (χ0n) is 9.45. The van der Waals surface area contributed by atoms with Gasteiger partial charge in [-0.2, -0.15) is 0 Å². The van der Waals surface area contributed by atoms with Crippen LogP contribution in [0, 0.1) is 6.92 Å². The monoisotopic (exact) mass is 270 g/mol. The first kappa shape index (κ1) is 17.6. The highest BCUT2D eigenvalue weighted by Gasteiger charge is 1.98. The smallest absolute Gasteiger partial charge is 0.0302 e. The van der Waals surface area contributed by atoms with Crippen molar-refractivity contribution in [3.05, 3.63) is 21.9 Å². The predicted molar refractivity (Wildman–Crippen MR) is 73.8 cm³/mol. The fourth-order valence-corrected chi connectivity index (χ4v) is 1.97. The Morgan fingerprint density at radius 1 is 1.33 bits per heavy atom. The third-order valence-electron chi connectivity index (χ3n) is 1.99. The first-order chi connectivity index (χ1) is 6.20. The second-order valence-corrected chi connectivity index (χ2v) is 4.51. The number of nitrogens with zero attached hydrogens (tertiary/aromatic N) is 1. The molecule has 0 aliphatic heterocycles. The summed E-state index contributed by atoms with van der Waals surface area (Å²) < 4.78 is 0. The maximum Gasteiger partial charge on any atom is 0.0302 e. The minimum atomic E-state index is 0. The minimum Gasteiger partial charge on any atom is -0.311 e. The minimum absolute atomic E-state index is 0. The number of nitrogens with one attached hydrogen (secondary N) is 1. The zero-order chi connectivity index (χ0) is 9.68. The Kier molecular flexibility index (Phi) is 11.1. The number of hydrogen-bond donors (Lipinski definition) is 1. The quantitative estimate of drug-likeness (QED) is 0.828. The molecule has 2 nitrogen and oxygen atoms in total. The molecular formula is C10H20Cl2N2S. The summed E-state index contributed by atoms with van der Waals surface area (Å²) in [4.78, 5) is 3.65. The summed E-state index contributed by atoms with van der Waals surface area (Å²) in [5, 5.41) is 5.58. The van der Waals surface area contributed by atoms with Crippen molar-refractivity contribution >= 4 is 36.2 Å². The van der Waals surface area contributed by atoms with E-state index in [4.69, 9.17) is 0 Å². The van der Waals surface area contributed by atoms with Gasteiger partial charge in [0, 0.05) is 24.5 Å². The van der Waals surface area contributed by atoms with Gasteiger partial charge in [-0.1, -0.05) is 0 Å². The predicted octanol–water partition coefficient (Wildman–Crippen LogP) is 2.55. The fourth-order valence-electron chi connectivity index (χ4n) is 1.09. The molecule has 0 fully saturated rings. The molecule has 0 atom stereocenters. The molecule has 0 unspecified atom stereocenters. The van der Waals surface area contributed by atoms with Crippen LogP contribution < -0.4 is 5.32 Å². The lowest BCUT2D eigenvalue weighted by Crippen LogP contribution is -2.26. The Balaban J connectivity index is 0. The highest BCUT2D eigenvalue weighted by atomic mass is 35.5.